The van der Waals surface area contributed by atoms with E-state index in [0.29, 0.717) is 13.0 Å². The second-order valence-electron chi connectivity index (χ2n) is 16.6. The van der Waals surface area contributed by atoms with Gasteiger partial charge in [-0.3, -0.25) is 13.8 Å². The molecule has 0 aromatic rings. The molecule has 1 aliphatic rings. The highest BCUT2D eigenvalue weighted by molar-refractivity contribution is 7.47. The molecule has 1 saturated carbocycles. The van der Waals surface area contributed by atoms with E-state index in [2.05, 4.69) is 50.3 Å². The molecule has 12 nitrogen and oxygen atoms in total. The average molecular weight is 875 g/mol. The van der Waals surface area contributed by atoms with E-state index in [1.165, 1.54) is 96.3 Å². The highest BCUT2D eigenvalue weighted by Gasteiger charge is 2.51. The van der Waals surface area contributed by atoms with Gasteiger partial charge >= 0.3 is 13.8 Å². The first-order valence-corrected chi connectivity index (χ1v) is 25.3. The Labute approximate surface area is 363 Å². The van der Waals surface area contributed by atoms with Gasteiger partial charge in [-0.15, -0.1) is 0 Å². The fourth-order valence-corrected chi connectivity index (χ4v) is 8.12. The lowest BCUT2D eigenvalue weighted by Gasteiger charge is -2.41. The minimum absolute atomic E-state index is 0.0812. The number of phosphoric acid groups is 1. The van der Waals surface area contributed by atoms with Crippen molar-refractivity contribution in [3.8, 4) is 0 Å². The molecule has 1 fully saturated rings. The summed E-state index contributed by atoms with van der Waals surface area (Å²) in [5, 5.41) is 50.2. The fourth-order valence-electron chi connectivity index (χ4n) is 7.14. The summed E-state index contributed by atoms with van der Waals surface area (Å²) in [6.45, 7) is 4.21. The van der Waals surface area contributed by atoms with E-state index in [-0.39, 0.29) is 13.0 Å². The minimum atomic E-state index is -5.02. The predicted molar refractivity (Wildman–Crippen MR) is 239 cm³/mol. The molecule has 0 spiro atoms. The third-order valence-corrected chi connectivity index (χ3v) is 12.0. The van der Waals surface area contributed by atoms with Gasteiger partial charge in [0, 0.05) is 13.0 Å². The van der Waals surface area contributed by atoms with Gasteiger partial charge in [0.25, 0.3) is 0 Å². The van der Waals surface area contributed by atoms with Crippen molar-refractivity contribution in [2.24, 2.45) is 0 Å². The lowest BCUT2D eigenvalue weighted by atomic mass is 9.85. The van der Waals surface area contributed by atoms with Crippen LogP contribution < -0.4 is 0 Å². The standard InChI is InChI=1S/C47H87O12P/c1-3-5-7-9-11-13-15-17-18-19-20-21-22-23-25-27-29-31-33-35-37-56-38-40(39-57-60(54,55)59-47-45(52)43(50)42(49)44(51)46(47)53)58-41(48)36-34-32-30-28-26-24-16-14-12-10-8-6-4-2/h11,13-14,16-18,40,42-47,49-53H,3-10,12,15,19-39H2,1-2H3,(H,54,55)/b13-11-,16-14-,18-17-. The third kappa shape index (κ3) is 29.8. The predicted octanol–water partition coefficient (Wildman–Crippen LogP) is 9.87. The van der Waals surface area contributed by atoms with Gasteiger partial charge in [0.05, 0.1) is 13.2 Å². The summed E-state index contributed by atoms with van der Waals surface area (Å²) in [7, 11) is -5.02. The van der Waals surface area contributed by atoms with Crippen LogP contribution >= 0.6 is 7.82 Å². The molecular formula is C47H87O12P. The van der Waals surface area contributed by atoms with Gasteiger partial charge in [-0.05, 0) is 70.6 Å². The number of carbonyl (C=O) groups excluding carboxylic acids is 1. The quantitative estimate of drug-likeness (QED) is 0.0148. The highest BCUT2D eigenvalue weighted by atomic mass is 31.2. The van der Waals surface area contributed by atoms with Crippen molar-refractivity contribution < 1.29 is 58.3 Å². The number of hydrogen-bond acceptors (Lipinski definition) is 11. The number of unbranched alkanes of at least 4 members (excludes halogenated alkanes) is 22. The molecule has 0 bridgehead atoms. The second kappa shape index (κ2) is 38.1. The van der Waals surface area contributed by atoms with Crippen LogP contribution in [0.15, 0.2) is 36.5 Å². The molecule has 13 heteroatoms. The van der Waals surface area contributed by atoms with Crippen molar-refractivity contribution in [3.05, 3.63) is 36.5 Å². The van der Waals surface area contributed by atoms with Crippen molar-refractivity contribution in [1.29, 1.82) is 0 Å². The maximum Gasteiger partial charge on any atom is 0.472 e. The Hall–Kier alpha value is -1.44. The smallest absolute Gasteiger partial charge is 0.457 e. The number of carbonyl (C=O) groups is 1. The van der Waals surface area contributed by atoms with Crippen LogP contribution in [0.25, 0.3) is 0 Å². The monoisotopic (exact) mass is 875 g/mol. The maximum absolute atomic E-state index is 12.8. The van der Waals surface area contributed by atoms with Crippen LogP contribution in [0, 0.1) is 0 Å². The van der Waals surface area contributed by atoms with Crippen LogP contribution in [0.5, 0.6) is 0 Å². The zero-order valence-electron chi connectivity index (χ0n) is 37.5. The van der Waals surface area contributed by atoms with Crippen molar-refractivity contribution in [2.75, 3.05) is 19.8 Å². The Kier molecular flexibility index (Phi) is 35.9. The number of phosphoric ester groups is 1. The van der Waals surface area contributed by atoms with Crippen LogP contribution in [0.1, 0.15) is 194 Å². The van der Waals surface area contributed by atoms with Crippen LogP contribution in [0.3, 0.4) is 0 Å². The Morgan fingerprint density at radius 3 is 1.45 bits per heavy atom. The SMILES string of the molecule is CCCCC/C=C\C/C=C\CCCCCCCCCCCCOCC(COP(=O)(O)OC1C(O)C(O)C(O)C(O)C1O)OC(=O)CCCCCCC/C=C\CCCCCC. The third-order valence-electron chi connectivity index (χ3n) is 11.0. The van der Waals surface area contributed by atoms with Crippen molar-refractivity contribution in [1.82, 2.24) is 0 Å². The molecule has 60 heavy (non-hydrogen) atoms. The van der Waals surface area contributed by atoms with E-state index in [0.717, 1.165) is 70.6 Å². The molecule has 0 aromatic carbocycles. The number of rotatable bonds is 40. The Morgan fingerprint density at radius 2 is 0.933 bits per heavy atom. The summed E-state index contributed by atoms with van der Waals surface area (Å²) in [6, 6.07) is 0. The number of ether oxygens (including phenoxy) is 2. The van der Waals surface area contributed by atoms with Gasteiger partial charge in [0.1, 0.15) is 42.7 Å². The molecule has 6 atom stereocenters. The first-order chi connectivity index (χ1) is 29.0. The van der Waals surface area contributed by atoms with Crippen molar-refractivity contribution in [2.45, 2.75) is 236 Å². The number of aliphatic hydroxyl groups is 5. The molecule has 6 unspecified atom stereocenters. The number of aliphatic hydroxyl groups excluding tert-OH is 5. The normalized spacial score (nSPS) is 22.6. The maximum atomic E-state index is 12.8. The summed E-state index contributed by atoms with van der Waals surface area (Å²) in [6.07, 6.45) is 32.1. The van der Waals surface area contributed by atoms with Crippen LogP contribution in [-0.2, 0) is 27.9 Å². The van der Waals surface area contributed by atoms with Gasteiger partial charge in [-0.2, -0.15) is 0 Å². The minimum Gasteiger partial charge on any atom is -0.457 e. The molecule has 0 aromatic heterocycles. The molecular weight excluding hydrogens is 787 g/mol. The molecule has 0 heterocycles. The molecule has 1 rings (SSSR count). The molecule has 352 valence electrons. The zero-order valence-corrected chi connectivity index (χ0v) is 38.4. The Balaban J connectivity index is 2.36. The first kappa shape index (κ1) is 56.6. The molecule has 0 amide bonds. The molecule has 0 saturated heterocycles. The summed E-state index contributed by atoms with van der Waals surface area (Å²) in [5.41, 5.74) is 0. The topological polar surface area (TPSA) is 192 Å². The summed E-state index contributed by atoms with van der Waals surface area (Å²) >= 11 is 0. The largest absolute Gasteiger partial charge is 0.472 e. The zero-order chi connectivity index (χ0) is 44.1. The summed E-state index contributed by atoms with van der Waals surface area (Å²) in [4.78, 5) is 23.1. The molecule has 6 N–H and O–H groups in total. The first-order valence-electron chi connectivity index (χ1n) is 23.8. The molecule has 1 aliphatic carbocycles. The van der Waals surface area contributed by atoms with Crippen LogP contribution in [0.4, 0.5) is 0 Å². The summed E-state index contributed by atoms with van der Waals surface area (Å²) in [5.74, 6) is -0.487. The number of esters is 1. The number of hydrogen-bond donors (Lipinski definition) is 6. The average Bonchev–Trinajstić information content (AvgIpc) is 3.23. The van der Waals surface area contributed by atoms with E-state index in [4.69, 9.17) is 18.5 Å². The Bertz CT molecular complexity index is 1130. The lowest BCUT2D eigenvalue weighted by Crippen LogP contribution is -2.64. The van der Waals surface area contributed by atoms with E-state index in [9.17, 15) is 39.8 Å². The van der Waals surface area contributed by atoms with E-state index in [1.54, 1.807) is 0 Å². The van der Waals surface area contributed by atoms with E-state index in [1.807, 2.05) is 0 Å². The van der Waals surface area contributed by atoms with Crippen LogP contribution in [-0.4, -0.2) is 98.9 Å². The van der Waals surface area contributed by atoms with Crippen molar-refractivity contribution >= 4 is 13.8 Å². The van der Waals surface area contributed by atoms with Gasteiger partial charge in [0.2, 0.25) is 0 Å². The molecule has 0 radical (unpaired) electrons. The van der Waals surface area contributed by atoms with E-state index < -0.39 is 63.1 Å². The van der Waals surface area contributed by atoms with Gasteiger partial charge in [-0.25, -0.2) is 4.57 Å². The van der Waals surface area contributed by atoms with E-state index >= 15 is 0 Å². The van der Waals surface area contributed by atoms with Crippen LogP contribution in [0.2, 0.25) is 0 Å². The lowest BCUT2D eigenvalue weighted by molar-refractivity contribution is -0.220. The highest BCUT2D eigenvalue weighted by Crippen LogP contribution is 2.47. The summed E-state index contributed by atoms with van der Waals surface area (Å²) < 4.78 is 34.2. The molecule has 0 aliphatic heterocycles. The van der Waals surface area contributed by atoms with Gasteiger partial charge < -0.3 is 39.9 Å². The fraction of sp³-hybridized carbons (Fsp3) is 0.851. The van der Waals surface area contributed by atoms with Crippen molar-refractivity contribution in [3.63, 3.8) is 0 Å². The number of allylic oxidation sites excluding steroid dienone is 6. The van der Waals surface area contributed by atoms with Gasteiger partial charge in [-0.1, -0.05) is 153 Å². The second-order valence-corrected chi connectivity index (χ2v) is 18.0. The van der Waals surface area contributed by atoms with Gasteiger partial charge in [0.15, 0.2) is 0 Å². The Morgan fingerprint density at radius 1 is 0.533 bits per heavy atom.